The van der Waals surface area contributed by atoms with E-state index in [9.17, 15) is 8.42 Å². The van der Waals surface area contributed by atoms with Crippen LogP contribution in [0.25, 0.3) is 0 Å². The van der Waals surface area contributed by atoms with E-state index in [1.807, 2.05) is 6.92 Å². The Morgan fingerprint density at radius 2 is 2.12 bits per heavy atom. The number of fused-ring (bicyclic) bond motifs is 1. The molecule has 1 fully saturated rings. The van der Waals surface area contributed by atoms with Gasteiger partial charge >= 0.3 is 0 Å². The molecule has 4 rings (SSSR count). The average Bonchev–Trinajstić information content (AvgIpc) is 3.09. The number of aliphatic hydroxyl groups is 1. The Balaban J connectivity index is 1.50. The highest BCUT2D eigenvalue weighted by atomic mass is 32.2. The van der Waals surface area contributed by atoms with Crippen LogP contribution in [0.2, 0.25) is 0 Å². The standard InChI is InChI=1S/C16H18N2O5S/c1-10-4-11-5-14(2-3-16(11)22-10)24(20,21)18-7-12(8-18)15-6-13(9-19)23-17-15/h2-3,5-6,10,12,19H,4,7-9H2,1H3. The largest absolute Gasteiger partial charge is 0.490 e. The molecule has 0 bridgehead atoms. The first kappa shape index (κ1) is 15.6. The van der Waals surface area contributed by atoms with Gasteiger partial charge in [-0.1, -0.05) is 5.16 Å². The summed E-state index contributed by atoms with van der Waals surface area (Å²) in [7, 11) is -3.51. The molecule has 24 heavy (non-hydrogen) atoms. The molecule has 7 nitrogen and oxygen atoms in total. The molecule has 3 heterocycles. The Hall–Kier alpha value is -1.90. The summed E-state index contributed by atoms with van der Waals surface area (Å²) in [4.78, 5) is 0.300. The first-order valence-corrected chi connectivity index (χ1v) is 9.27. The number of aromatic nitrogens is 1. The molecule has 0 radical (unpaired) electrons. The van der Waals surface area contributed by atoms with Crippen molar-refractivity contribution in [3.8, 4) is 5.75 Å². The summed E-state index contributed by atoms with van der Waals surface area (Å²) >= 11 is 0. The monoisotopic (exact) mass is 350 g/mol. The van der Waals surface area contributed by atoms with Gasteiger partial charge in [0, 0.05) is 31.5 Å². The van der Waals surface area contributed by atoms with Crippen LogP contribution in [0.5, 0.6) is 5.75 Å². The molecular formula is C16H18N2O5S. The van der Waals surface area contributed by atoms with E-state index >= 15 is 0 Å². The number of ether oxygens (including phenoxy) is 1. The number of nitrogens with zero attached hydrogens (tertiary/aromatic N) is 2. The molecule has 1 unspecified atom stereocenters. The van der Waals surface area contributed by atoms with Crippen LogP contribution in [0, 0.1) is 0 Å². The van der Waals surface area contributed by atoms with Gasteiger partial charge in [-0.2, -0.15) is 4.31 Å². The molecular weight excluding hydrogens is 332 g/mol. The van der Waals surface area contributed by atoms with E-state index in [1.54, 1.807) is 24.3 Å². The third kappa shape index (κ3) is 2.51. The molecule has 1 aromatic heterocycles. The number of hydrogen-bond acceptors (Lipinski definition) is 6. The van der Waals surface area contributed by atoms with Crippen LogP contribution in [0.1, 0.15) is 29.9 Å². The number of rotatable bonds is 4. The van der Waals surface area contributed by atoms with E-state index in [1.165, 1.54) is 4.31 Å². The molecule has 1 saturated heterocycles. The first-order chi connectivity index (χ1) is 11.5. The maximum absolute atomic E-state index is 12.7. The van der Waals surface area contributed by atoms with Gasteiger partial charge in [-0.15, -0.1) is 0 Å². The summed E-state index contributed by atoms with van der Waals surface area (Å²) in [5.74, 6) is 1.16. The Kier molecular flexibility index (Phi) is 3.63. The number of hydrogen-bond donors (Lipinski definition) is 1. The lowest BCUT2D eigenvalue weighted by atomic mass is 9.99. The minimum atomic E-state index is -3.51. The fraction of sp³-hybridized carbons (Fsp3) is 0.438. The van der Waals surface area contributed by atoms with Crippen molar-refractivity contribution in [1.29, 1.82) is 0 Å². The molecule has 0 spiro atoms. The molecule has 0 saturated carbocycles. The minimum Gasteiger partial charge on any atom is -0.490 e. The first-order valence-electron chi connectivity index (χ1n) is 7.83. The summed E-state index contributed by atoms with van der Waals surface area (Å²) in [6.45, 7) is 2.48. The molecule has 0 amide bonds. The van der Waals surface area contributed by atoms with Crippen LogP contribution in [-0.2, 0) is 23.1 Å². The SMILES string of the molecule is CC1Cc2cc(S(=O)(=O)N3CC(c4cc(CO)on4)C3)ccc2O1. The van der Waals surface area contributed by atoms with Gasteiger partial charge in [0.05, 0.1) is 10.6 Å². The fourth-order valence-electron chi connectivity index (χ4n) is 3.13. The van der Waals surface area contributed by atoms with Crippen molar-refractivity contribution in [3.05, 3.63) is 41.3 Å². The lowest BCUT2D eigenvalue weighted by Gasteiger charge is -2.36. The molecule has 2 aromatic rings. The van der Waals surface area contributed by atoms with Crippen molar-refractivity contribution in [2.24, 2.45) is 0 Å². The van der Waals surface area contributed by atoms with Gasteiger partial charge in [-0.05, 0) is 30.7 Å². The smallest absolute Gasteiger partial charge is 0.243 e. The lowest BCUT2D eigenvalue weighted by molar-refractivity contribution is 0.223. The van der Waals surface area contributed by atoms with E-state index in [0.29, 0.717) is 29.4 Å². The van der Waals surface area contributed by atoms with Crippen LogP contribution in [0.4, 0.5) is 0 Å². The van der Waals surface area contributed by atoms with Crippen LogP contribution in [-0.4, -0.2) is 42.2 Å². The Labute approximate surface area is 139 Å². The summed E-state index contributed by atoms with van der Waals surface area (Å²) in [5.41, 5.74) is 1.62. The quantitative estimate of drug-likeness (QED) is 0.893. The van der Waals surface area contributed by atoms with E-state index in [2.05, 4.69) is 5.16 Å². The predicted molar refractivity (Wildman–Crippen MR) is 84.2 cm³/mol. The molecule has 128 valence electrons. The van der Waals surface area contributed by atoms with E-state index in [4.69, 9.17) is 14.4 Å². The molecule has 1 aromatic carbocycles. The summed E-state index contributed by atoms with van der Waals surface area (Å²) in [5, 5.41) is 12.9. The Morgan fingerprint density at radius 1 is 1.33 bits per heavy atom. The van der Waals surface area contributed by atoms with Gasteiger partial charge in [-0.3, -0.25) is 0 Å². The van der Waals surface area contributed by atoms with Crippen molar-refractivity contribution in [2.75, 3.05) is 13.1 Å². The molecule has 8 heteroatoms. The van der Waals surface area contributed by atoms with E-state index in [0.717, 1.165) is 17.7 Å². The maximum Gasteiger partial charge on any atom is 0.243 e. The molecule has 1 N–H and O–H groups in total. The highest BCUT2D eigenvalue weighted by Crippen LogP contribution is 2.35. The van der Waals surface area contributed by atoms with Crippen LogP contribution in [0.15, 0.2) is 33.7 Å². The van der Waals surface area contributed by atoms with Gasteiger partial charge in [-0.25, -0.2) is 8.42 Å². The topological polar surface area (TPSA) is 92.9 Å². The number of sulfonamides is 1. The van der Waals surface area contributed by atoms with Gasteiger partial charge in [0.25, 0.3) is 0 Å². The second-order valence-electron chi connectivity index (χ2n) is 6.30. The zero-order valence-electron chi connectivity index (χ0n) is 13.2. The Bertz CT molecular complexity index is 870. The molecule has 2 aliphatic heterocycles. The fourth-order valence-corrected chi connectivity index (χ4v) is 4.71. The number of aliphatic hydroxyl groups excluding tert-OH is 1. The van der Waals surface area contributed by atoms with Gasteiger partial charge in [0.2, 0.25) is 10.0 Å². The molecule has 0 aliphatic carbocycles. The average molecular weight is 350 g/mol. The van der Waals surface area contributed by atoms with Gasteiger partial charge in [0.1, 0.15) is 18.5 Å². The minimum absolute atomic E-state index is 0.00149. The summed E-state index contributed by atoms with van der Waals surface area (Å²) in [6.07, 6.45) is 0.809. The van der Waals surface area contributed by atoms with Crippen LogP contribution < -0.4 is 4.74 Å². The normalized spacial score (nSPS) is 21.3. The second-order valence-corrected chi connectivity index (χ2v) is 8.24. The van der Waals surface area contributed by atoms with Crippen LogP contribution >= 0.6 is 0 Å². The highest BCUT2D eigenvalue weighted by molar-refractivity contribution is 7.89. The van der Waals surface area contributed by atoms with Crippen molar-refractivity contribution in [3.63, 3.8) is 0 Å². The van der Waals surface area contributed by atoms with Crippen molar-refractivity contribution < 1.29 is 22.8 Å². The number of benzene rings is 1. The molecule has 1 atom stereocenters. The zero-order valence-corrected chi connectivity index (χ0v) is 14.0. The van der Waals surface area contributed by atoms with Gasteiger partial charge < -0.3 is 14.4 Å². The Morgan fingerprint density at radius 3 is 2.83 bits per heavy atom. The molecule has 2 aliphatic rings. The zero-order chi connectivity index (χ0) is 16.9. The summed E-state index contributed by atoms with van der Waals surface area (Å²) < 4.78 is 37.5. The van der Waals surface area contributed by atoms with Gasteiger partial charge in [0.15, 0.2) is 5.76 Å². The van der Waals surface area contributed by atoms with Crippen LogP contribution in [0.3, 0.4) is 0 Å². The third-order valence-corrected chi connectivity index (χ3v) is 6.33. The van der Waals surface area contributed by atoms with Crippen molar-refractivity contribution in [1.82, 2.24) is 9.46 Å². The lowest BCUT2D eigenvalue weighted by Crippen LogP contribution is -2.48. The second kappa shape index (κ2) is 5.58. The third-order valence-electron chi connectivity index (χ3n) is 4.50. The predicted octanol–water partition coefficient (Wildman–Crippen LogP) is 1.28. The van der Waals surface area contributed by atoms with Crippen molar-refractivity contribution in [2.45, 2.75) is 36.9 Å². The highest BCUT2D eigenvalue weighted by Gasteiger charge is 2.39. The van der Waals surface area contributed by atoms with Crippen molar-refractivity contribution >= 4 is 10.0 Å². The van der Waals surface area contributed by atoms with E-state index in [-0.39, 0.29) is 18.6 Å². The maximum atomic E-state index is 12.7. The summed E-state index contributed by atoms with van der Waals surface area (Å²) in [6, 6.07) is 6.71. The van der Waals surface area contributed by atoms with E-state index < -0.39 is 10.0 Å².